The van der Waals surface area contributed by atoms with Gasteiger partial charge in [0.1, 0.15) is 6.61 Å². The van der Waals surface area contributed by atoms with Crippen molar-refractivity contribution in [3.05, 3.63) is 53.6 Å². The predicted octanol–water partition coefficient (Wildman–Crippen LogP) is 1.84. The quantitative estimate of drug-likeness (QED) is 0.785. The minimum atomic E-state index is -0.487. The average molecular weight is 288 g/mol. The number of esters is 2. The van der Waals surface area contributed by atoms with Crippen molar-refractivity contribution >= 4 is 11.9 Å². The molecular formula is C15H16N2O4. The Labute approximate surface area is 122 Å². The van der Waals surface area contributed by atoms with Crippen molar-refractivity contribution < 1.29 is 19.1 Å². The first-order valence-electron chi connectivity index (χ1n) is 6.44. The summed E-state index contributed by atoms with van der Waals surface area (Å²) in [7, 11) is 1.29. The van der Waals surface area contributed by atoms with Crippen molar-refractivity contribution in [1.29, 1.82) is 0 Å². The Kier molecular flexibility index (Phi) is 4.71. The number of carbonyl (C=O) groups excluding carboxylic acids is 2. The number of rotatable bonds is 5. The maximum atomic E-state index is 11.9. The standard InChI is InChI=1S/C15H16N2O4/c1-11-9-17(10-16-11)6-7-21-15(19)13-5-3-4-12(8-13)14(18)20-2/h3-5,8-10H,6-7H2,1-2H3. The van der Waals surface area contributed by atoms with E-state index in [-0.39, 0.29) is 6.61 Å². The van der Waals surface area contributed by atoms with E-state index < -0.39 is 11.9 Å². The van der Waals surface area contributed by atoms with Crippen LogP contribution in [0.25, 0.3) is 0 Å². The fourth-order valence-corrected chi connectivity index (χ4v) is 1.81. The average Bonchev–Trinajstić information content (AvgIpc) is 2.92. The molecule has 1 aromatic heterocycles. The molecule has 0 spiro atoms. The summed E-state index contributed by atoms with van der Waals surface area (Å²) in [5.41, 5.74) is 1.55. The van der Waals surface area contributed by atoms with Crippen molar-refractivity contribution in [3.63, 3.8) is 0 Å². The first-order valence-corrected chi connectivity index (χ1v) is 6.44. The molecule has 6 nitrogen and oxygen atoms in total. The van der Waals surface area contributed by atoms with Crippen LogP contribution in [-0.4, -0.2) is 35.2 Å². The lowest BCUT2D eigenvalue weighted by Crippen LogP contribution is -2.11. The van der Waals surface area contributed by atoms with E-state index >= 15 is 0 Å². The van der Waals surface area contributed by atoms with Crippen LogP contribution >= 0.6 is 0 Å². The summed E-state index contributed by atoms with van der Waals surface area (Å²) in [5.74, 6) is -0.962. The first-order chi connectivity index (χ1) is 10.1. The molecule has 0 atom stereocenters. The molecule has 0 aliphatic carbocycles. The summed E-state index contributed by atoms with van der Waals surface area (Å²) in [6.45, 7) is 2.65. The van der Waals surface area contributed by atoms with Crippen LogP contribution in [0.1, 0.15) is 26.4 Å². The van der Waals surface area contributed by atoms with Gasteiger partial charge >= 0.3 is 11.9 Å². The summed E-state index contributed by atoms with van der Waals surface area (Å²) in [5, 5.41) is 0. The largest absolute Gasteiger partial charge is 0.465 e. The summed E-state index contributed by atoms with van der Waals surface area (Å²) >= 11 is 0. The second-order valence-corrected chi connectivity index (χ2v) is 4.46. The fourth-order valence-electron chi connectivity index (χ4n) is 1.81. The van der Waals surface area contributed by atoms with E-state index in [0.29, 0.717) is 17.7 Å². The zero-order chi connectivity index (χ0) is 15.2. The van der Waals surface area contributed by atoms with Crippen LogP contribution in [-0.2, 0) is 16.0 Å². The number of aryl methyl sites for hydroxylation is 1. The van der Waals surface area contributed by atoms with E-state index in [1.165, 1.54) is 13.2 Å². The Morgan fingerprint density at radius 3 is 2.57 bits per heavy atom. The summed E-state index contributed by atoms with van der Waals surface area (Å²) in [4.78, 5) is 27.4. The van der Waals surface area contributed by atoms with Crippen molar-refractivity contribution in [2.75, 3.05) is 13.7 Å². The molecule has 0 bridgehead atoms. The zero-order valence-electron chi connectivity index (χ0n) is 11.9. The molecule has 0 aliphatic rings. The van der Waals surface area contributed by atoms with Crippen molar-refractivity contribution in [1.82, 2.24) is 9.55 Å². The van der Waals surface area contributed by atoms with Gasteiger partial charge in [-0.2, -0.15) is 0 Å². The normalized spacial score (nSPS) is 10.2. The number of hydrogen-bond acceptors (Lipinski definition) is 5. The third-order valence-corrected chi connectivity index (χ3v) is 2.86. The number of ether oxygens (including phenoxy) is 2. The molecule has 1 heterocycles. The van der Waals surface area contributed by atoms with Gasteiger partial charge < -0.3 is 14.0 Å². The fraction of sp³-hybridized carbons (Fsp3) is 0.267. The van der Waals surface area contributed by atoms with Gasteiger partial charge in [0.05, 0.1) is 36.8 Å². The van der Waals surface area contributed by atoms with Gasteiger partial charge in [0.25, 0.3) is 0 Å². The Balaban J connectivity index is 1.92. The number of hydrogen-bond donors (Lipinski definition) is 0. The highest BCUT2D eigenvalue weighted by Gasteiger charge is 2.11. The number of nitrogens with zero attached hydrogens (tertiary/aromatic N) is 2. The minimum Gasteiger partial charge on any atom is -0.465 e. The molecule has 0 fully saturated rings. The van der Waals surface area contributed by atoms with Crippen LogP contribution in [0.4, 0.5) is 0 Å². The number of carbonyl (C=O) groups is 2. The van der Waals surface area contributed by atoms with Gasteiger partial charge in [-0.1, -0.05) is 6.07 Å². The van der Waals surface area contributed by atoms with Gasteiger partial charge in [0, 0.05) is 6.20 Å². The molecule has 2 aromatic rings. The zero-order valence-corrected chi connectivity index (χ0v) is 11.9. The Bertz CT molecular complexity index is 649. The lowest BCUT2D eigenvalue weighted by atomic mass is 10.1. The smallest absolute Gasteiger partial charge is 0.338 e. The third-order valence-electron chi connectivity index (χ3n) is 2.86. The Morgan fingerprint density at radius 1 is 1.24 bits per heavy atom. The van der Waals surface area contributed by atoms with Crippen molar-refractivity contribution in [2.24, 2.45) is 0 Å². The topological polar surface area (TPSA) is 70.4 Å². The van der Waals surface area contributed by atoms with E-state index in [0.717, 1.165) is 5.69 Å². The monoisotopic (exact) mass is 288 g/mol. The van der Waals surface area contributed by atoms with E-state index in [4.69, 9.17) is 4.74 Å². The lowest BCUT2D eigenvalue weighted by molar-refractivity contribution is 0.0491. The van der Waals surface area contributed by atoms with Gasteiger partial charge in [-0.25, -0.2) is 14.6 Å². The molecular weight excluding hydrogens is 272 g/mol. The number of methoxy groups -OCH3 is 1. The molecule has 0 saturated carbocycles. The number of imidazole rings is 1. The third kappa shape index (κ3) is 3.92. The predicted molar refractivity (Wildman–Crippen MR) is 75.0 cm³/mol. The highest BCUT2D eigenvalue weighted by molar-refractivity contribution is 5.95. The summed E-state index contributed by atoms with van der Waals surface area (Å²) in [6.07, 6.45) is 3.55. The SMILES string of the molecule is COC(=O)c1cccc(C(=O)OCCn2cnc(C)c2)c1. The second-order valence-electron chi connectivity index (χ2n) is 4.46. The minimum absolute atomic E-state index is 0.233. The van der Waals surface area contributed by atoms with Gasteiger partial charge in [-0.05, 0) is 25.1 Å². The van der Waals surface area contributed by atoms with E-state index in [1.54, 1.807) is 24.5 Å². The molecule has 0 unspecified atom stereocenters. The van der Waals surface area contributed by atoms with E-state index in [1.807, 2.05) is 17.7 Å². The second kappa shape index (κ2) is 6.69. The molecule has 1 aromatic carbocycles. The van der Waals surface area contributed by atoms with Gasteiger partial charge in [-0.3, -0.25) is 0 Å². The van der Waals surface area contributed by atoms with Crippen LogP contribution in [0.3, 0.4) is 0 Å². The Hall–Kier alpha value is -2.63. The van der Waals surface area contributed by atoms with Crippen LogP contribution in [0, 0.1) is 6.92 Å². The molecule has 2 rings (SSSR count). The maximum Gasteiger partial charge on any atom is 0.338 e. The number of benzene rings is 1. The van der Waals surface area contributed by atoms with Crippen molar-refractivity contribution in [3.8, 4) is 0 Å². The first kappa shape index (κ1) is 14.8. The van der Waals surface area contributed by atoms with Gasteiger partial charge in [0.15, 0.2) is 0 Å². The summed E-state index contributed by atoms with van der Waals surface area (Å²) in [6, 6.07) is 6.24. The van der Waals surface area contributed by atoms with E-state index in [2.05, 4.69) is 9.72 Å². The van der Waals surface area contributed by atoms with Crippen LogP contribution < -0.4 is 0 Å². The highest BCUT2D eigenvalue weighted by atomic mass is 16.5. The Morgan fingerprint density at radius 2 is 1.95 bits per heavy atom. The molecule has 21 heavy (non-hydrogen) atoms. The molecule has 0 radical (unpaired) electrons. The molecule has 6 heteroatoms. The maximum absolute atomic E-state index is 11.9. The molecule has 0 N–H and O–H groups in total. The van der Waals surface area contributed by atoms with E-state index in [9.17, 15) is 9.59 Å². The highest BCUT2D eigenvalue weighted by Crippen LogP contribution is 2.08. The molecule has 110 valence electrons. The van der Waals surface area contributed by atoms with Gasteiger partial charge in [-0.15, -0.1) is 0 Å². The van der Waals surface area contributed by atoms with Gasteiger partial charge in [0.2, 0.25) is 0 Å². The van der Waals surface area contributed by atoms with Crippen LogP contribution in [0.2, 0.25) is 0 Å². The number of aromatic nitrogens is 2. The van der Waals surface area contributed by atoms with Crippen LogP contribution in [0.5, 0.6) is 0 Å². The van der Waals surface area contributed by atoms with Crippen LogP contribution in [0.15, 0.2) is 36.8 Å². The summed E-state index contributed by atoms with van der Waals surface area (Å²) < 4.78 is 11.6. The molecule has 0 saturated heterocycles. The van der Waals surface area contributed by atoms with Crippen molar-refractivity contribution in [2.45, 2.75) is 13.5 Å². The lowest BCUT2D eigenvalue weighted by Gasteiger charge is -2.06. The molecule has 0 amide bonds. The molecule has 0 aliphatic heterocycles.